The number of benzene rings is 1. The molecule has 0 spiro atoms. The van der Waals surface area contributed by atoms with Crippen LogP contribution in [0.15, 0.2) is 34.9 Å². The maximum Gasteiger partial charge on any atom is 0.178 e. The number of para-hydroxylation sites is 1. The van der Waals surface area contributed by atoms with Gasteiger partial charge in [0.15, 0.2) is 5.65 Å². The normalized spacial score (nSPS) is 11.0. The number of nitrogen functional groups attached to an aromatic ring is 1. The third kappa shape index (κ3) is 1.67. The number of imidazole rings is 1. The molecule has 18 heavy (non-hydrogen) atoms. The number of fused-ring (bicyclic) bond motifs is 1. The molecule has 3 rings (SSSR count). The lowest BCUT2D eigenvalue weighted by Crippen LogP contribution is -1.92. The van der Waals surface area contributed by atoms with E-state index in [1.807, 2.05) is 31.2 Å². The van der Waals surface area contributed by atoms with Crippen LogP contribution in [0.3, 0.4) is 0 Å². The van der Waals surface area contributed by atoms with E-state index in [0.29, 0.717) is 11.3 Å². The van der Waals surface area contributed by atoms with Gasteiger partial charge in [0.05, 0.1) is 11.2 Å². The van der Waals surface area contributed by atoms with Crippen molar-refractivity contribution in [3.63, 3.8) is 0 Å². The van der Waals surface area contributed by atoms with Gasteiger partial charge in [0, 0.05) is 16.2 Å². The van der Waals surface area contributed by atoms with Crippen LogP contribution < -0.4 is 5.73 Å². The number of aromatic nitrogens is 3. The van der Waals surface area contributed by atoms with Gasteiger partial charge >= 0.3 is 0 Å². The molecule has 0 amide bonds. The van der Waals surface area contributed by atoms with Crippen molar-refractivity contribution >= 4 is 32.8 Å². The Bertz CT molecular complexity index is 733. The summed E-state index contributed by atoms with van der Waals surface area (Å²) in [6, 6.07) is 7.73. The number of nitrogens with one attached hydrogen (secondary N) is 1. The maximum atomic E-state index is 6.05. The van der Waals surface area contributed by atoms with E-state index in [0.717, 1.165) is 26.9 Å². The number of hydrogen-bond donors (Lipinski definition) is 2. The first-order valence-corrected chi connectivity index (χ1v) is 6.32. The molecule has 0 fully saturated rings. The summed E-state index contributed by atoms with van der Waals surface area (Å²) in [6.45, 7) is 2.02. The van der Waals surface area contributed by atoms with Gasteiger partial charge in [-0.1, -0.05) is 6.07 Å². The van der Waals surface area contributed by atoms with Crippen molar-refractivity contribution in [1.29, 1.82) is 0 Å². The monoisotopic (exact) mass is 302 g/mol. The van der Waals surface area contributed by atoms with E-state index in [1.54, 1.807) is 6.20 Å². The first kappa shape index (κ1) is 11.2. The minimum Gasteiger partial charge on any atom is -0.397 e. The number of aromatic amines is 1. The van der Waals surface area contributed by atoms with Gasteiger partial charge in [-0.15, -0.1) is 0 Å². The highest BCUT2D eigenvalue weighted by Crippen LogP contribution is 2.31. The van der Waals surface area contributed by atoms with Crippen molar-refractivity contribution in [3.05, 3.63) is 40.5 Å². The summed E-state index contributed by atoms with van der Waals surface area (Å²) in [7, 11) is 0. The van der Waals surface area contributed by atoms with Crippen LogP contribution in [-0.4, -0.2) is 15.0 Å². The van der Waals surface area contributed by atoms with Crippen LogP contribution in [0.25, 0.3) is 22.6 Å². The summed E-state index contributed by atoms with van der Waals surface area (Å²) >= 11 is 3.42. The van der Waals surface area contributed by atoms with Crippen LogP contribution in [0.1, 0.15) is 5.56 Å². The number of nitrogens with zero attached hydrogens (tertiary/aromatic N) is 2. The highest BCUT2D eigenvalue weighted by atomic mass is 79.9. The van der Waals surface area contributed by atoms with Gasteiger partial charge in [0.2, 0.25) is 0 Å². The average Bonchev–Trinajstić information content (AvgIpc) is 2.78. The van der Waals surface area contributed by atoms with Gasteiger partial charge < -0.3 is 10.7 Å². The van der Waals surface area contributed by atoms with Gasteiger partial charge in [-0.25, -0.2) is 9.97 Å². The van der Waals surface area contributed by atoms with E-state index < -0.39 is 0 Å². The van der Waals surface area contributed by atoms with E-state index in [4.69, 9.17) is 5.73 Å². The number of nitrogens with two attached hydrogens (primary N) is 1. The van der Waals surface area contributed by atoms with Gasteiger partial charge in [-0.2, -0.15) is 0 Å². The quantitative estimate of drug-likeness (QED) is 0.678. The second-order valence-electron chi connectivity index (χ2n) is 4.11. The number of halogens is 1. The van der Waals surface area contributed by atoms with Gasteiger partial charge in [0.25, 0.3) is 0 Å². The maximum absolute atomic E-state index is 6.05. The molecule has 1 aromatic carbocycles. The molecule has 4 nitrogen and oxygen atoms in total. The summed E-state index contributed by atoms with van der Waals surface area (Å²) < 4.78 is 0.866. The largest absolute Gasteiger partial charge is 0.397 e. The molecule has 0 unspecified atom stereocenters. The Kier molecular flexibility index (Phi) is 2.56. The third-order valence-corrected chi connectivity index (χ3v) is 3.60. The zero-order valence-electron chi connectivity index (χ0n) is 9.74. The fraction of sp³-hybridized carbons (Fsp3) is 0.0769. The minimum atomic E-state index is 0.675. The van der Waals surface area contributed by atoms with Crippen LogP contribution >= 0.6 is 15.9 Å². The average molecular weight is 303 g/mol. The fourth-order valence-corrected chi connectivity index (χ4v) is 2.27. The molecule has 2 heterocycles. The van der Waals surface area contributed by atoms with E-state index in [-0.39, 0.29) is 0 Å². The molecule has 90 valence electrons. The molecule has 0 aliphatic carbocycles. The number of hydrogen-bond acceptors (Lipinski definition) is 3. The molecule has 2 aromatic heterocycles. The van der Waals surface area contributed by atoms with Crippen LogP contribution in [0.4, 0.5) is 5.69 Å². The Morgan fingerprint density at radius 3 is 2.89 bits per heavy atom. The summed E-state index contributed by atoms with van der Waals surface area (Å²) in [5.41, 5.74) is 10.4. The zero-order chi connectivity index (χ0) is 12.7. The molecule has 0 aliphatic heterocycles. The number of rotatable bonds is 1. The van der Waals surface area contributed by atoms with Crippen molar-refractivity contribution in [2.45, 2.75) is 6.92 Å². The van der Waals surface area contributed by atoms with Crippen molar-refractivity contribution in [2.24, 2.45) is 0 Å². The molecule has 0 saturated heterocycles. The highest BCUT2D eigenvalue weighted by Gasteiger charge is 2.11. The van der Waals surface area contributed by atoms with E-state index in [9.17, 15) is 0 Å². The molecular formula is C13H11BrN4. The molecule has 0 radical (unpaired) electrons. The van der Waals surface area contributed by atoms with Gasteiger partial charge in [-0.3, -0.25) is 0 Å². The number of pyridine rings is 1. The van der Waals surface area contributed by atoms with Crippen molar-refractivity contribution in [2.75, 3.05) is 5.73 Å². The number of anilines is 1. The Balaban J connectivity index is 2.26. The van der Waals surface area contributed by atoms with Crippen molar-refractivity contribution in [3.8, 4) is 11.4 Å². The fourth-order valence-electron chi connectivity index (χ4n) is 1.91. The predicted octanol–water partition coefficient (Wildman–Crippen LogP) is 3.28. The molecule has 0 saturated carbocycles. The summed E-state index contributed by atoms with van der Waals surface area (Å²) in [5.74, 6) is 0.741. The molecule has 0 bridgehead atoms. The van der Waals surface area contributed by atoms with E-state index in [2.05, 4.69) is 30.9 Å². The second-order valence-corrected chi connectivity index (χ2v) is 4.97. The Morgan fingerprint density at radius 1 is 1.28 bits per heavy atom. The lowest BCUT2D eigenvalue weighted by atomic mass is 10.2. The summed E-state index contributed by atoms with van der Waals surface area (Å²) in [4.78, 5) is 12.0. The summed E-state index contributed by atoms with van der Waals surface area (Å²) in [6.07, 6.45) is 1.76. The SMILES string of the molecule is Cc1ccnc2nc(-c3cccc(Br)c3N)[nH]c12. The smallest absolute Gasteiger partial charge is 0.178 e. The lowest BCUT2D eigenvalue weighted by Gasteiger charge is -2.03. The van der Waals surface area contributed by atoms with Crippen LogP contribution in [0.5, 0.6) is 0 Å². The first-order valence-electron chi connectivity index (χ1n) is 5.52. The topological polar surface area (TPSA) is 67.6 Å². The zero-order valence-corrected chi connectivity index (χ0v) is 11.3. The minimum absolute atomic E-state index is 0.675. The van der Waals surface area contributed by atoms with Crippen LogP contribution in [-0.2, 0) is 0 Å². The molecule has 3 N–H and O–H groups in total. The van der Waals surface area contributed by atoms with E-state index >= 15 is 0 Å². The van der Waals surface area contributed by atoms with Crippen LogP contribution in [0, 0.1) is 6.92 Å². The Morgan fingerprint density at radius 2 is 2.11 bits per heavy atom. The molecule has 5 heteroatoms. The summed E-state index contributed by atoms with van der Waals surface area (Å²) in [5, 5.41) is 0. The highest BCUT2D eigenvalue weighted by molar-refractivity contribution is 9.10. The Hall–Kier alpha value is -1.88. The van der Waals surface area contributed by atoms with Crippen molar-refractivity contribution in [1.82, 2.24) is 15.0 Å². The first-order chi connectivity index (χ1) is 8.66. The number of H-pyrrole nitrogens is 1. The molecule has 0 atom stereocenters. The third-order valence-electron chi connectivity index (χ3n) is 2.91. The van der Waals surface area contributed by atoms with Crippen LogP contribution in [0.2, 0.25) is 0 Å². The van der Waals surface area contributed by atoms with Crippen molar-refractivity contribution < 1.29 is 0 Å². The Labute approximate surface area is 112 Å². The standard InChI is InChI=1S/C13H11BrN4/c1-7-5-6-16-13-11(7)17-12(18-13)8-3-2-4-9(14)10(8)15/h2-6H,15H2,1H3,(H,16,17,18). The second kappa shape index (κ2) is 4.10. The molecular weight excluding hydrogens is 292 g/mol. The molecule has 0 aliphatic rings. The number of aryl methyl sites for hydroxylation is 1. The molecule has 3 aromatic rings. The van der Waals surface area contributed by atoms with E-state index in [1.165, 1.54) is 0 Å². The lowest BCUT2D eigenvalue weighted by molar-refractivity contribution is 1.30. The van der Waals surface area contributed by atoms with Gasteiger partial charge in [0.1, 0.15) is 5.82 Å². The van der Waals surface area contributed by atoms with Gasteiger partial charge in [-0.05, 0) is 46.6 Å². The predicted molar refractivity (Wildman–Crippen MR) is 76.2 cm³/mol.